The van der Waals surface area contributed by atoms with Crippen LogP contribution in [-0.4, -0.2) is 36.1 Å². The standard InChI is InChI=1S/C14H24N2O3/c1-2-15-12(18)5-6-13(19)16-14-10-4-3-9(7-10)11(14)8-17/h9-11,14,17H,2-8H2,1H3,(H,15,18)(H,16,19). The van der Waals surface area contributed by atoms with Crippen LogP contribution < -0.4 is 10.6 Å². The largest absolute Gasteiger partial charge is 0.396 e. The van der Waals surface area contributed by atoms with E-state index >= 15 is 0 Å². The van der Waals surface area contributed by atoms with E-state index in [9.17, 15) is 14.7 Å². The molecule has 0 aromatic heterocycles. The molecule has 0 spiro atoms. The molecule has 4 unspecified atom stereocenters. The topological polar surface area (TPSA) is 78.4 Å². The smallest absolute Gasteiger partial charge is 0.220 e. The predicted octanol–water partition coefficient (Wildman–Crippen LogP) is 0.426. The van der Waals surface area contributed by atoms with Crippen LogP contribution in [0.2, 0.25) is 0 Å². The van der Waals surface area contributed by atoms with Gasteiger partial charge < -0.3 is 15.7 Å². The molecule has 5 nitrogen and oxygen atoms in total. The fraction of sp³-hybridized carbons (Fsp3) is 0.857. The van der Waals surface area contributed by atoms with Gasteiger partial charge in [0.2, 0.25) is 11.8 Å². The molecule has 4 atom stereocenters. The van der Waals surface area contributed by atoms with Gasteiger partial charge in [0, 0.05) is 38.0 Å². The number of fused-ring (bicyclic) bond motifs is 2. The minimum absolute atomic E-state index is 0.0674. The van der Waals surface area contributed by atoms with Gasteiger partial charge in [-0.15, -0.1) is 0 Å². The highest BCUT2D eigenvalue weighted by atomic mass is 16.3. The number of hydrogen-bond acceptors (Lipinski definition) is 3. The predicted molar refractivity (Wildman–Crippen MR) is 71.3 cm³/mol. The van der Waals surface area contributed by atoms with Crippen LogP contribution in [0.1, 0.15) is 39.0 Å². The van der Waals surface area contributed by atoms with E-state index in [1.807, 2.05) is 6.92 Å². The third-order valence-electron chi connectivity index (χ3n) is 4.58. The van der Waals surface area contributed by atoms with Gasteiger partial charge in [-0.2, -0.15) is 0 Å². The summed E-state index contributed by atoms with van der Waals surface area (Å²) in [6.45, 7) is 2.61. The van der Waals surface area contributed by atoms with E-state index in [0.29, 0.717) is 18.4 Å². The van der Waals surface area contributed by atoms with E-state index in [-0.39, 0.29) is 43.2 Å². The van der Waals surface area contributed by atoms with Gasteiger partial charge in [0.1, 0.15) is 0 Å². The van der Waals surface area contributed by atoms with Crippen LogP contribution in [0.15, 0.2) is 0 Å². The van der Waals surface area contributed by atoms with Gasteiger partial charge in [-0.25, -0.2) is 0 Å². The van der Waals surface area contributed by atoms with Gasteiger partial charge in [-0.05, 0) is 38.0 Å². The molecule has 108 valence electrons. The Morgan fingerprint density at radius 2 is 1.84 bits per heavy atom. The molecule has 2 rings (SSSR count). The quantitative estimate of drug-likeness (QED) is 0.653. The lowest BCUT2D eigenvalue weighted by atomic mass is 9.85. The Balaban J connectivity index is 1.77. The second-order valence-electron chi connectivity index (χ2n) is 5.73. The minimum Gasteiger partial charge on any atom is -0.396 e. The Bertz CT molecular complexity index is 346. The SMILES string of the molecule is CCNC(=O)CCC(=O)NC1C2CCC(C2)C1CO. The van der Waals surface area contributed by atoms with E-state index in [0.717, 1.165) is 12.8 Å². The zero-order chi connectivity index (χ0) is 13.8. The average Bonchev–Trinajstić information content (AvgIpc) is 2.97. The van der Waals surface area contributed by atoms with Crippen LogP contribution in [0.4, 0.5) is 0 Å². The molecule has 2 saturated carbocycles. The maximum absolute atomic E-state index is 11.9. The molecule has 2 aliphatic carbocycles. The molecule has 0 aromatic carbocycles. The molecule has 3 N–H and O–H groups in total. The Kier molecular flexibility index (Phi) is 4.80. The Morgan fingerprint density at radius 3 is 2.53 bits per heavy atom. The number of rotatable bonds is 6. The molecule has 19 heavy (non-hydrogen) atoms. The summed E-state index contributed by atoms with van der Waals surface area (Å²) in [6, 6.07) is 0.116. The lowest BCUT2D eigenvalue weighted by molar-refractivity contribution is -0.127. The van der Waals surface area contributed by atoms with E-state index in [1.54, 1.807) is 0 Å². The monoisotopic (exact) mass is 268 g/mol. The number of hydrogen-bond donors (Lipinski definition) is 3. The number of amides is 2. The van der Waals surface area contributed by atoms with Crippen molar-refractivity contribution >= 4 is 11.8 Å². The number of carbonyl (C=O) groups is 2. The summed E-state index contributed by atoms with van der Waals surface area (Å²) in [5.41, 5.74) is 0. The van der Waals surface area contributed by atoms with Crippen molar-refractivity contribution in [1.82, 2.24) is 10.6 Å². The molecule has 2 amide bonds. The van der Waals surface area contributed by atoms with Crippen LogP contribution >= 0.6 is 0 Å². The van der Waals surface area contributed by atoms with Gasteiger partial charge in [0.25, 0.3) is 0 Å². The van der Waals surface area contributed by atoms with E-state index in [4.69, 9.17) is 0 Å². The van der Waals surface area contributed by atoms with Crippen LogP contribution in [0.5, 0.6) is 0 Å². The number of carbonyl (C=O) groups excluding carboxylic acids is 2. The molecule has 0 aromatic rings. The Morgan fingerprint density at radius 1 is 1.16 bits per heavy atom. The molecule has 2 aliphatic rings. The first-order valence-corrected chi connectivity index (χ1v) is 7.32. The first-order chi connectivity index (χ1) is 9.15. The number of aliphatic hydroxyl groups is 1. The molecule has 2 fully saturated rings. The van der Waals surface area contributed by atoms with Gasteiger partial charge in [0.15, 0.2) is 0 Å². The first kappa shape index (κ1) is 14.3. The molecule has 0 aliphatic heterocycles. The highest BCUT2D eigenvalue weighted by Gasteiger charge is 2.47. The maximum Gasteiger partial charge on any atom is 0.220 e. The van der Waals surface area contributed by atoms with Crippen LogP contribution in [0, 0.1) is 17.8 Å². The molecule has 2 bridgehead atoms. The summed E-state index contributed by atoms with van der Waals surface area (Å²) in [7, 11) is 0. The molecule has 0 saturated heterocycles. The lowest BCUT2D eigenvalue weighted by Crippen LogP contribution is -2.45. The third-order valence-corrected chi connectivity index (χ3v) is 4.58. The normalized spacial score (nSPS) is 32.3. The molecule has 5 heteroatoms. The van der Waals surface area contributed by atoms with E-state index in [1.165, 1.54) is 6.42 Å². The van der Waals surface area contributed by atoms with E-state index in [2.05, 4.69) is 10.6 Å². The lowest BCUT2D eigenvalue weighted by Gasteiger charge is -2.30. The summed E-state index contributed by atoms with van der Waals surface area (Å²) >= 11 is 0. The average molecular weight is 268 g/mol. The van der Waals surface area contributed by atoms with Crippen molar-refractivity contribution < 1.29 is 14.7 Å². The summed E-state index contributed by atoms with van der Waals surface area (Å²) in [6.07, 6.45) is 3.94. The van der Waals surface area contributed by atoms with Crippen molar-refractivity contribution in [2.45, 2.75) is 45.1 Å². The summed E-state index contributed by atoms with van der Waals surface area (Å²) in [4.78, 5) is 23.2. The van der Waals surface area contributed by atoms with Gasteiger partial charge in [-0.1, -0.05) is 0 Å². The molecule has 0 heterocycles. The van der Waals surface area contributed by atoms with Crippen LogP contribution in [0.3, 0.4) is 0 Å². The fourth-order valence-electron chi connectivity index (χ4n) is 3.67. The van der Waals surface area contributed by atoms with Crippen LogP contribution in [-0.2, 0) is 9.59 Å². The summed E-state index contributed by atoms with van der Waals surface area (Å²) in [5.74, 6) is 1.16. The van der Waals surface area contributed by atoms with E-state index < -0.39 is 0 Å². The zero-order valence-corrected chi connectivity index (χ0v) is 11.5. The second kappa shape index (κ2) is 6.37. The van der Waals surface area contributed by atoms with Gasteiger partial charge in [-0.3, -0.25) is 9.59 Å². The second-order valence-corrected chi connectivity index (χ2v) is 5.73. The van der Waals surface area contributed by atoms with Crippen molar-refractivity contribution in [2.24, 2.45) is 17.8 Å². The van der Waals surface area contributed by atoms with Crippen molar-refractivity contribution in [3.63, 3.8) is 0 Å². The highest BCUT2D eigenvalue weighted by molar-refractivity contribution is 5.83. The molecular weight excluding hydrogens is 244 g/mol. The van der Waals surface area contributed by atoms with Crippen molar-refractivity contribution in [1.29, 1.82) is 0 Å². The number of aliphatic hydroxyl groups excluding tert-OH is 1. The summed E-state index contributed by atoms with van der Waals surface area (Å²) in [5, 5.41) is 15.2. The van der Waals surface area contributed by atoms with Gasteiger partial charge in [0.05, 0.1) is 0 Å². The highest BCUT2D eigenvalue weighted by Crippen LogP contribution is 2.48. The fourth-order valence-corrected chi connectivity index (χ4v) is 3.67. The Hall–Kier alpha value is -1.10. The van der Waals surface area contributed by atoms with Crippen molar-refractivity contribution in [3.05, 3.63) is 0 Å². The molecular formula is C14H24N2O3. The number of nitrogens with one attached hydrogen (secondary N) is 2. The minimum atomic E-state index is -0.0794. The molecule has 0 radical (unpaired) electrons. The van der Waals surface area contributed by atoms with Gasteiger partial charge >= 0.3 is 0 Å². The van der Waals surface area contributed by atoms with Crippen LogP contribution in [0.25, 0.3) is 0 Å². The summed E-state index contributed by atoms with van der Waals surface area (Å²) < 4.78 is 0. The van der Waals surface area contributed by atoms with Crippen molar-refractivity contribution in [2.75, 3.05) is 13.2 Å². The maximum atomic E-state index is 11.9. The third kappa shape index (κ3) is 3.26. The Labute approximate surface area is 114 Å². The van der Waals surface area contributed by atoms with Crippen molar-refractivity contribution in [3.8, 4) is 0 Å². The zero-order valence-electron chi connectivity index (χ0n) is 11.5. The first-order valence-electron chi connectivity index (χ1n) is 7.32.